The van der Waals surface area contributed by atoms with Crippen molar-refractivity contribution in [1.82, 2.24) is 5.32 Å². The monoisotopic (exact) mass is 144 g/mol. The van der Waals surface area contributed by atoms with Gasteiger partial charge in [0.25, 0.3) is 0 Å². The zero-order valence-electron chi connectivity index (χ0n) is 5.57. The van der Waals surface area contributed by atoms with Crippen molar-refractivity contribution in [3.8, 4) is 12.1 Å². The van der Waals surface area contributed by atoms with E-state index in [1.165, 1.54) is 6.21 Å². The van der Waals surface area contributed by atoms with Gasteiger partial charge in [-0.25, -0.2) is 4.99 Å². The van der Waals surface area contributed by atoms with E-state index in [4.69, 9.17) is 10.5 Å². The number of aliphatic imine (C=N–C) groups is 1. The zero-order chi connectivity index (χ0) is 8.10. The summed E-state index contributed by atoms with van der Waals surface area (Å²) < 4.78 is 0. The fourth-order valence-electron chi connectivity index (χ4n) is 0.593. The molecule has 1 aliphatic heterocycles. The Balaban J connectivity index is 3.00. The molecule has 11 heavy (non-hydrogen) atoms. The van der Waals surface area contributed by atoms with Gasteiger partial charge in [0.1, 0.15) is 12.1 Å². The highest BCUT2D eigenvalue weighted by Gasteiger charge is 2.02. The summed E-state index contributed by atoms with van der Waals surface area (Å²) in [7, 11) is 0. The second-order valence-electron chi connectivity index (χ2n) is 1.73. The first kappa shape index (κ1) is 7.04. The van der Waals surface area contributed by atoms with Gasteiger partial charge in [-0.05, 0) is 6.08 Å². The molecule has 0 fully saturated rings. The van der Waals surface area contributed by atoms with Gasteiger partial charge in [-0.1, -0.05) is 0 Å². The van der Waals surface area contributed by atoms with E-state index >= 15 is 0 Å². The third-order valence-electron chi connectivity index (χ3n) is 1.07. The number of allylic oxidation sites excluding steroid dienone is 2. The third-order valence-corrected chi connectivity index (χ3v) is 1.07. The van der Waals surface area contributed by atoms with Crippen molar-refractivity contribution in [2.24, 2.45) is 4.99 Å². The Kier molecular flexibility index (Phi) is 2.04. The lowest BCUT2D eigenvalue weighted by atomic mass is 10.3. The maximum absolute atomic E-state index is 8.41. The van der Waals surface area contributed by atoms with Crippen LogP contribution in [0.25, 0.3) is 0 Å². The molecule has 4 heteroatoms. The lowest BCUT2D eigenvalue weighted by molar-refractivity contribution is 1.01. The van der Waals surface area contributed by atoms with Crippen LogP contribution in [0.3, 0.4) is 0 Å². The molecule has 0 aliphatic carbocycles. The van der Waals surface area contributed by atoms with E-state index in [9.17, 15) is 0 Å². The van der Waals surface area contributed by atoms with Crippen molar-refractivity contribution in [2.75, 3.05) is 0 Å². The summed E-state index contributed by atoms with van der Waals surface area (Å²) in [4.78, 5) is 3.78. The Hall–Kier alpha value is -2.07. The van der Waals surface area contributed by atoms with E-state index < -0.39 is 0 Å². The van der Waals surface area contributed by atoms with E-state index in [0.717, 1.165) is 0 Å². The summed E-state index contributed by atoms with van der Waals surface area (Å²) in [6.07, 6.45) is 4.80. The maximum Gasteiger partial charge on any atom is 0.172 e. The highest BCUT2D eigenvalue weighted by Crippen LogP contribution is 2.02. The topological polar surface area (TPSA) is 72.0 Å². The average molecular weight is 144 g/mol. The molecule has 1 N–H and O–H groups in total. The van der Waals surface area contributed by atoms with Crippen molar-refractivity contribution in [1.29, 1.82) is 10.5 Å². The molecule has 1 aliphatic rings. The quantitative estimate of drug-likeness (QED) is 0.501. The van der Waals surface area contributed by atoms with E-state index in [1.807, 2.05) is 0 Å². The van der Waals surface area contributed by atoms with Gasteiger partial charge in [-0.3, -0.25) is 0 Å². The lowest BCUT2D eigenvalue weighted by Crippen LogP contribution is -2.08. The van der Waals surface area contributed by atoms with Crippen LogP contribution in [0.15, 0.2) is 28.7 Å². The fraction of sp³-hybridized carbons (Fsp3) is 0. The smallest absolute Gasteiger partial charge is 0.172 e. The number of nitriles is 2. The first-order valence-electron chi connectivity index (χ1n) is 2.88. The first-order valence-corrected chi connectivity index (χ1v) is 2.88. The average Bonchev–Trinajstić information content (AvgIpc) is 2.09. The second-order valence-corrected chi connectivity index (χ2v) is 1.73. The van der Waals surface area contributed by atoms with Crippen molar-refractivity contribution >= 4 is 6.21 Å². The van der Waals surface area contributed by atoms with Gasteiger partial charge in [0.05, 0.1) is 0 Å². The number of hydrogen-bond donors (Lipinski definition) is 1. The molecule has 0 aromatic carbocycles. The van der Waals surface area contributed by atoms with Crippen LogP contribution in [0.2, 0.25) is 0 Å². The lowest BCUT2D eigenvalue weighted by Gasteiger charge is -2.02. The van der Waals surface area contributed by atoms with Gasteiger partial charge < -0.3 is 5.32 Å². The zero-order valence-corrected chi connectivity index (χ0v) is 5.57. The predicted octanol–water partition coefficient (Wildman–Crippen LogP) is 0.433. The molecule has 0 saturated heterocycles. The molecule has 0 aromatic heterocycles. The summed E-state index contributed by atoms with van der Waals surface area (Å²) in [5, 5.41) is 19.5. The molecule has 0 amide bonds. The van der Waals surface area contributed by atoms with Crippen LogP contribution in [0.4, 0.5) is 0 Å². The van der Waals surface area contributed by atoms with Gasteiger partial charge in [0.2, 0.25) is 0 Å². The molecule has 4 nitrogen and oxygen atoms in total. The molecule has 0 bridgehead atoms. The fourth-order valence-corrected chi connectivity index (χ4v) is 0.593. The highest BCUT2D eigenvalue weighted by atomic mass is 15.0. The van der Waals surface area contributed by atoms with Crippen molar-refractivity contribution in [2.45, 2.75) is 0 Å². The Morgan fingerprint density at radius 2 is 2.18 bits per heavy atom. The van der Waals surface area contributed by atoms with Crippen LogP contribution in [0.1, 0.15) is 0 Å². The van der Waals surface area contributed by atoms with Gasteiger partial charge >= 0.3 is 0 Å². The van der Waals surface area contributed by atoms with Crippen LogP contribution in [-0.2, 0) is 0 Å². The molecule has 1 heterocycles. The van der Waals surface area contributed by atoms with Crippen LogP contribution < -0.4 is 5.32 Å². The van der Waals surface area contributed by atoms with E-state index in [-0.39, 0.29) is 5.57 Å². The molecule has 0 atom stereocenters. The van der Waals surface area contributed by atoms with Crippen molar-refractivity contribution in [3.05, 3.63) is 23.7 Å². The normalized spacial score (nSPS) is 13.1. The summed E-state index contributed by atoms with van der Waals surface area (Å²) in [6.45, 7) is 0. The predicted molar refractivity (Wildman–Crippen MR) is 39.0 cm³/mol. The standard InChI is InChI=1S/C7H4N4/c8-4-6(5-9)7-10-2-1-3-11-7/h1-3,10H. The van der Waals surface area contributed by atoms with Crippen LogP contribution in [0, 0.1) is 22.7 Å². The SMILES string of the molecule is N#CC(C#N)=C1N=CC=CN1. The molecule has 0 saturated carbocycles. The largest absolute Gasteiger partial charge is 0.345 e. The minimum Gasteiger partial charge on any atom is -0.345 e. The molecule has 1 rings (SSSR count). The summed E-state index contributed by atoms with van der Waals surface area (Å²) in [6, 6.07) is 3.46. The third kappa shape index (κ3) is 1.44. The van der Waals surface area contributed by atoms with Crippen molar-refractivity contribution in [3.63, 3.8) is 0 Å². The summed E-state index contributed by atoms with van der Waals surface area (Å²) in [5.41, 5.74) is -0.00870. The Bertz CT molecular complexity index is 305. The van der Waals surface area contributed by atoms with Gasteiger partial charge in [0, 0.05) is 12.4 Å². The number of hydrogen-bond acceptors (Lipinski definition) is 4. The molecule has 0 spiro atoms. The number of rotatable bonds is 0. The summed E-state index contributed by atoms with van der Waals surface area (Å²) >= 11 is 0. The van der Waals surface area contributed by atoms with E-state index in [0.29, 0.717) is 5.82 Å². The highest BCUT2D eigenvalue weighted by molar-refractivity contribution is 5.73. The summed E-state index contributed by atoms with van der Waals surface area (Å²) in [5.74, 6) is 0.303. The Morgan fingerprint density at radius 3 is 2.64 bits per heavy atom. The van der Waals surface area contributed by atoms with Gasteiger partial charge in [0.15, 0.2) is 11.4 Å². The molecule has 0 aromatic rings. The Morgan fingerprint density at radius 1 is 1.45 bits per heavy atom. The minimum absolute atomic E-state index is 0.00870. The maximum atomic E-state index is 8.41. The number of nitrogens with zero attached hydrogens (tertiary/aromatic N) is 3. The molecular formula is C7H4N4. The van der Waals surface area contributed by atoms with Crippen molar-refractivity contribution < 1.29 is 0 Å². The van der Waals surface area contributed by atoms with Gasteiger partial charge in [-0.2, -0.15) is 10.5 Å². The molecular weight excluding hydrogens is 140 g/mol. The van der Waals surface area contributed by atoms with E-state index in [2.05, 4.69) is 10.3 Å². The second kappa shape index (κ2) is 3.19. The first-order chi connectivity index (χ1) is 5.38. The van der Waals surface area contributed by atoms with E-state index in [1.54, 1.807) is 24.4 Å². The number of nitrogens with one attached hydrogen (secondary N) is 1. The van der Waals surface area contributed by atoms with Crippen LogP contribution in [0.5, 0.6) is 0 Å². The molecule has 0 unspecified atom stereocenters. The van der Waals surface area contributed by atoms with Crippen LogP contribution >= 0.6 is 0 Å². The van der Waals surface area contributed by atoms with Gasteiger partial charge in [-0.15, -0.1) is 0 Å². The van der Waals surface area contributed by atoms with Crippen LogP contribution in [-0.4, -0.2) is 6.21 Å². The molecule has 0 radical (unpaired) electrons. The minimum atomic E-state index is -0.00870. The molecule has 52 valence electrons. The Labute approximate surface area is 63.8 Å².